The molecule has 0 aliphatic heterocycles. The van der Waals surface area contributed by atoms with Crippen LogP contribution in [0, 0.1) is 12.3 Å². The van der Waals surface area contributed by atoms with Gasteiger partial charge >= 0.3 is 0 Å². The van der Waals surface area contributed by atoms with Gasteiger partial charge < -0.3 is 0 Å². The summed E-state index contributed by atoms with van der Waals surface area (Å²) in [6.45, 7) is 0.279. The van der Waals surface area contributed by atoms with Crippen molar-refractivity contribution in [3.8, 4) is 23.5 Å². The maximum Gasteiger partial charge on any atom is 0.213 e. The van der Waals surface area contributed by atoms with E-state index in [1.165, 1.54) is 0 Å². The molecule has 0 amide bonds. The molecule has 3 nitrogen and oxygen atoms in total. The van der Waals surface area contributed by atoms with Gasteiger partial charge in [0.25, 0.3) is 0 Å². The van der Waals surface area contributed by atoms with Gasteiger partial charge in [-0.25, -0.2) is 0 Å². The second-order valence-electron chi connectivity index (χ2n) is 5.14. The number of carbonyl (C=O) groups is 1. The first-order valence-corrected chi connectivity index (χ1v) is 7.91. The molecule has 0 saturated heterocycles. The number of aromatic nitrogens is 2. The van der Waals surface area contributed by atoms with Crippen molar-refractivity contribution in [3.63, 3.8) is 0 Å². The van der Waals surface area contributed by atoms with Crippen molar-refractivity contribution in [1.29, 1.82) is 0 Å². The summed E-state index contributed by atoms with van der Waals surface area (Å²) in [5, 5.41) is 5.51. The third-order valence-electron chi connectivity index (χ3n) is 3.47. The summed E-state index contributed by atoms with van der Waals surface area (Å²) in [6.07, 6.45) is 7.11. The van der Waals surface area contributed by atoms with Gasteiger partial charge in [-0.05, 0) is 42.0 Å². The Morgan fingerprint density at radius 2 is 1.88 bits per heavy atom. The van der Waals surface area contributed by atoms with Crippen LogP contribution < -0.4 is 0 Å². The van der Waals surface area contributed by atoms with E-state index in [1.807, 2.05) is 12.1 Å². The van der Waals surface area contributed by atoms with Gasteiger partial charge in [-0.15, -0.1) is 6.42 Å². The standard InChI is InChI=1S/C19H12Cl2N2O/c1-2-10-23-12-17(14-4-3-5-16(21)11-14)18(22-23)19(24)13-6-8-15(20)9-7-13/h1,3-9,11-12H,10H2. The monoisotopic (exact) mass is 354 g/mol. The third kappa shape index (κ3) is 3.35. The number of ketones is 1. The van der Waals surface area contributed by atoms with E-state index in [0.29, 0.717) is 26.9 Å². The van der Waals surface area contributed by atoms with Crippen molar-refractivity contribution < 1.29 is 4.79 Å². The Balaban J connectivity index is 2.10. The Labute approximate surface area is 149 Å². The van der Waals surface area contributed by atoms with Gasteiger partial charge in [0.05, 0.1) is 0 Å². The van der Waals surface area contributed by atoms with Crippen LogP contribution in [0.15, 0.2) is 54.7 Å². The van der Waals surface area contributed by atoms with Crippen molar-refractivity contribution in [3.05, 3.63) is 76.0 Å². The van der Waals surface area contributed by atoms with E-state index in [0.717, 1.165) is 5.56 Å². The number of rotatable bonds is 4. The zero-order chi connectivity index (χ0) is 17.1. The lowest BCUT2D eigenvalue weighted by atomic mass is 10.0. The van der Waals surface area contributed by atoms with Crippen LogP contribution in [-0.4, -0.2) is 15.6 Å². The third-order valence-corrected chi connectivity index (χ3v) is 3.96. The topological polar surface area (TPSA) is 34.9 Å². The van der Waals surface area contributed by atoms with E-state index in [4.69, 9.17) is 29.6 Å². The quantitative estimate of drug-likeness (QED) is 0.501. The molecule has 0 N–H and O–H groups in total. The Morgan fingerprint density at radius 3 is 2.54 bits per heavy atom. The van der Waals surface area contributed by atoms with Gasteiger partial charge in [0, 0.05) is 27.4 Å². The maximum atomic E-state index is 12.9. The van der Waals surface area contributed by atoms with E-state index >= 15 is 0 Å². The molecule has 3 aromatic rings. The summed E-state index contributed by atoms with van der Waals surface area (Å²) in [7, 11) is 0. The summed E-state index contributed by atoms with van der Waals surface area (Å²) in [5.41, 5.74) is 2.33. The molecular formula is C19H12Cl2N2O. The first kappa shape index (κ1) is 16.3. The summed E-state index contributed by atoms with van der Waals surface area (Å²) in [4.78, 5) is 12.9. The summed E-state index contributed by atoms with van der Waals surface area (Å²) in [5.74, 6) is 2.32. The van der Waals surface area contributed by atoms with Crippen molar-refractivity contribution in [2.24, 2.45) is 0 Å². The number of carbonyl (C=O) groups excluding carboxylic acids is 1. The fourth-order valence-electron chi connectivity index (χ4n) is 2.37. The smallest absolute Gasteiger partial charge is 0.213 e. The molecule has 1 aromatic heterocycles. The lowest BCUT2D eigenvalue weighted by Gasteiger charge is -2.03. The minimum absolute atomic E-state index is 0.197. The fraction of sp³-hybridized carbons (Fsp3) is 0.0526. The van der Waals surface area contributed by atoms with Crippen LogP contribution in [0.1, 0.15) is 16.1 Å². The van der Waals surface area contributed by atoms with E-state index in [1.54, 1.807) is 47.3 Å². The predicted molar refractivity (Wildman–Crippen MR) is 96.4 cm³/mol. The van der Waals surface area contributed by atoms with Gasteiger partial charge in [0.15, 0.2) is 0 Å². The highest BCUT2D eigenvalue weighted by molar-refractivity contribution is 6.31. The van der Waals surface area contributed by atoms with Gasteiger partial charge in [-0.1, -0.05) is 41.3 Å². The number of benzene rings is 2. The Kier molecular flexibility index (Phi) is 4.71. The molecule has 0 aliphatic rings. The molecule has 118 valence electrons. The van der Waals surface area contributed by atoms with Crippen molar-refractivity contribution in [1.82, 2.24) is 9.78 Å². The molecule has 0 atom stereocenters. The zero-order valence-electron chi connectivity index (χ0n) is 12.5. The van der Waals surface area contributed by atoms with Crippen molar-refractivity contribution in [2.45, 2.75) is 6.54 Å². The van der Waals surface area contributed by atoms with Gasteiger partial charge in [0.1, 0.15) is 12.2 Å². The molecule has 1 heterocycles. The van der Waals surface area contributed by atoms with Crippen LogP contribution in [0.3, 0.4) is 0 Å². The largest absolute Gasteiger partial charge is 0.287 e. The summed E-state index contributed by atoms with van der Waals surface area (Å²) < 4.78 is 1.57. The molecule has 2 aromatic carbocycles. The first-order valence-electron chi connectivity index (χ1n) is 7.15. The number of halogens is 2. The van der Waals surface area contributed by atoms with E-state index < -0.39 is 0 Å². The molecule has 3 rings (SSSR count). The molecule has 24 heavy (non-hydrogen) atoms. The minimum atomic E-state index is -0.197. The van der Waals surface area contributed by atoms with E-state index in [-0.39, 0.29) is 12.3 Å². The normalized spacial score (nSPS) is 10.4. The van der Waals surface area contributed by atoms with Gasteiger partial charge in [-0.3, -0.25) is 9.48 Å². The SMILES string of the molecule is C#CCn1cc(-c2cccc(Cl)c2)c(C(=O)c2ccc(Cl)cc2)n1. The van der Waals surface area contributed by atoms with Crippen molar-refractivity contribution in [2.75, 3.05) is 0 Å². The van der Waals surface area contributed by atoms with Crippen LogP contribution >= 0.6 is 23.2 Å². The maximum absolute atomic E-state index is 12.9. The average molecular weight is 355 g/mol. The molecule has 0 unspecified atom stereocenters. The number of hydrogen-bond acceptors (Lipinski definition) is 2. The molecule has 0 saturated carbocycles. The van der Waals surface area contributed by atoms with Gasteiger partial charge in [0.2, 0.25) is 5.78 Å². The van der Waals surface area contributed by atoms with Crippen LogP contribution in [0.4, 0.5) is 0 Å². The Bertz CT molecular complexity index is 937. The summed E-state index contributed by atoms with van der Waals surface area (Å²) >= 11 is 12.0. The van der Waals surface area contributed by atoms with E-state index in [2.05, 4.69) is 11.0 Å². The average Bonchev–Trinajstić information content (AvgIpc) is 2.99. The lowest BCUT2D eigenvalue weighted by molar-refractivity contribution is 0.103. The Hall–Kier alpha value is -2.54. The number of nitrogens with zero attached hydrogens (tertiary/aromatic N) is 2. The lowest BCUT2D eigenvalue weighted by Crippen LogP contribution is -2.05. The highest BCUT2D eigenvalue weighted by atomic mass is 35.5. The molecule has 0 fully saturated rings. The van der Waals surface area contributed by atoms with Crippen LogP contribution in [0.2, 0.25) is 10.0 Å². The first-order chi connectivity index (χ1) is 11.6. The molecule has 0 bridgehead atoms. The number of terminal acetylenes is 1. The predicted octanol–water partition coefficient (Wildman–Crippen LogP) is 4.72. The van der Waals surface area contributed by atoms with E-state index in [9.17, 15) is 4.79 Å². The van der Waals surface area contributed by atoms with Gasteiger partial charge in [-0.2, -0.15) is 5.10 Å². The molecule has 0 radical (unpaired) electrons. The second kappa shape index (κ2) is 6.92. The van der Waals surface area contributed by atoms with Crippen LogP contribution in [-0.2, 0) is 6.54 Å². The minimum Gasteiger partial charge on any atom is -0.287 e. The molecule has 5 heteroatoms. The fourth-order valence-corrected chi connectivity index (χ4v) is 2.69. The number of hydrogen-bond donors (Lipinski definition) is 0. The van der Waals surface area contributed by atoms with Crippen molar-refractivity contribution >= 4 is 29.0 Å². The highest BCUT2D eigenvalue weighted by Crippen LogP contribution is 2.27. The summed E-state index contributed by atoms with van der Waals surface area (Å²) in [6, 6.07) is 14.0. The molecular weight excluding hydrogens is 343 g/mol. The highest BCUT2D eigenvalue weighted by Gasteiger charge is 2.19. The molecule has 0 spiro atoms. The Morgan fingerprint density at radius 1 is 1.12 bits per heavy atom. The van der Waals surface area contributed by atoms with Crippen LogP contribution in [0.5, 0.6) is 0 Å². The van der Waals surface area contributed by atoms with Crippen LogP contribution in [0.25, 0.3) is 11.1 Å². The zero-order valence-corrected chi connectivity index (χ0v) is 14.1. The second-order valence-corrected chi connectivity index (χ2v) is 6.01. The molecule has 0 aliphatic carbocycles.